The molecule has 3 aromatic rings. The van der Waals surface area contributed by atoms with E-state index in [9.17, 15) is 15.3 Å². The zero-order chi connectivity index (χ0) is 18.8. The van der Waals surface area contributed by atoms with Crippen LogP contribution in [0.1, 0.15) is 17.3 Å². The number of amidine groups is 1. The summed E-state index contributed by atoms with van der Waals surface area (Å²) in [6, 6.07) is 20.5. The zero-order valence-electron chi connectivity index (χ0n) is 14.3. The molecule has 0 fully saturated rings. The Morgan fingerprint density at radius 1 is 0.704 bits per heavy atom. The molecule has 0 bridgehead atoms. The summed E-state index contributed by atoms with van der Waals surface area (Å²) in [6.07, 6.45) is 0.882. The van der Waals surface area contributed by atoms with Crippen molar-refractivity contribution in [2.45, 2.75) is 6.17 Å². The number of aliphatic imine (C=N–C) groups is 2. The summed E-state index contributed by atoms with van der Waals surface area (Å²) in [5.74, 6) is 0.567. The van der Waals surface area contributed by atoms with Crippen LogP contribution in [-0.2, 0) is 0 Å². The number of hydrogen-bond donors (Lipinski definition) is 3. The van der Waals surface area contributed by atoms with Crippen molar-refractivity contribution in [3.05, 3.63) is 83.9 Å². The maximum atomic E-state index is 10.4. The molecule has 0 radical (unpaired) electrons. The summed E-state index contributed by atoms with van der Waals surface area (Å²) in [5, 5.41) is 30.8. The Morgan fingerprint density at radius 2 is 1.33 bits per heavy atom. The van der Waals surface area contributed by atoms with Crippen LogP contribution < -0.4 is 4.90 Å². The Kier molecular flexibility index (Phi) is 4.22. The summed E-state index contributed by atoms with van der Waals surface area (Å²) in [4.78, 5) is 10.7. The number of aromatic hydroxyl groups is 3. The van der Waals surface area contributed by atoms with E-state index in [4.69, 9.17) is 0 Å². The summed E-state index contributed by atoms with van der Waals surface area (Å²) >= 11 is 0. The van der Waals surface area contributed by atoms with E-state index in [0.29, 0.717) is 22.6 Å². The first-order valence-electron chi connectivity index (χ1n) is 8.40. The van der Waals surface area contributed by atoms with Gasteiger partial charge in [-0.15, -0.1) is 0 Å². The number of phenolic OH excluding ortho intramolecular Hbond substituents is 3. The van der Waals surface area contributed by atoms with E-state index in [1.807, 2.05) is 0 Å². The molecule has 0 amide bonds. The predicted octanol–water partition coefficient (Wildman–Crippen LogP) is 3.80. The molecular weight excluding hydrogens is 342 g/mol. The Balaban J connectivity index is 1.86. The van der Waals surface area contributed by atoms with E-state index in [0.717, 1.165) is 0 Å². The van der Waals surface area contributed by atoms with Crippen molar-refractivity contribution in [1.29, 1.82) is 0 Å². The molecule has 1 aliphatic rings. The Labute approximate surface area is 156 Å². The van der Waals surface area contributed by atoms with Gasteiger partial charge in [-0.05, 0) is 30.3 Å². The number of rotatable bonds is 3. The second-order valence-corrected chi connectivity index (χ2v) is 6.04. The molecule has 1 unspecified atom stereocenters. The lowest BCUT2D eigenvalue weighted by molar-refractivity contribution is 0.459. The van der Waals surface area contributed by atoms with Gasteiger partial charge in [0.1, 0.15) is 17.2 Å². The molecule has 0 aromatic heterocycles. The minimum absolute atomic E-state index is 0.0699. The average Bonchev–Trinajstić information content (AvgIpc) is 2.69. The van der Waals surface area contributed by atoms with Gasteiger partial charge < -0.3 is 20.2 Å². The molecule has 27 heavy (non-hydrogen) atoms. The lowest BCUT2D eigenvalue weighted by Crippen LogP contribution is -2.30. The van der Waals surface area contributed by atoms with Gasteiger partial charge in [-0.2, -0.15) is 0 Å². The molecule has 3 N–H and O–H groups in total. The predicted molar refractivity (Wildman–Crippen MR) is 105 cm³/mol. The highest BCUT2D eigenvalue weighted by molar-refractivity contribution is 6.08. The van der Waals surface area contributed by atoms with Crippen molar-refractivity contribution < 1.29 is 15.3 Å². The van der Waals surface area contributed by atoms with Crippen LogP contribution in [0.15, 0.2) is 82.8 Å². The van der Waals surface area contributed by atoms with Crippen LogP contribution >= 0.6 is 0 Å². The maximum Gasteiger partial charge on any atom is 0.162 e. The monoisotopic (exact) mass is 359 g/mol. The maximum absolute atomic E-state index is 10.4. The number of anilines is 1. The third-order valence-corrected chi connectivity index (χ3v) is 4.33. The summed E-state index contributed by atoms with van der Waals surface area (Å²) in [6.45, 7) is 0. The van der Waals surface area contributed by atoms with E-state index in [-0.39, 0.29) is 17.2 Å². The number of para-hydroxylation sites is 4. The fraction of sp³-hybridized carbons (Fsp3) is 0.0476. The highest BCUT2D eigenvalue weighted by Crippen LogP contribution is 2.38. The van der Waals surface area contributed by atoms with Crippen LogP contribution in [0.2, 0.25) is 0 Å². The van der Waals surface area contributed by atoms with Crippen molar-refractivity contribution in [1.82, 2.24) is 0 Å². The molecule has 4 rings (SSSR count). The first-order valence-corrected chi connectivity index (χ1v) is 8.40. The first-order chi connectivity index (χ1) is 13.1. The molecule has 6 heteroatoms. The van der Waals surface area contributed by atoms with Crippen LogP contribution in [0, 0.1) is 0 Å². The van der Waals surface area contributed by atoms with Gasteiger partial charge in [-0.25, -0.2) is 9.98 Å². The lowest BCUT2D eigenvalue weighted by atomic mass is 10.1. The number of phenols is 3. The standard InChI is InChI=1S/C21H17N3O3/c25-17-10-4-1-7-14(17)20-22-13-24(16-9-3-6-12-19(16)27)21(23-20)15-8-2-5-11-18(15)26/h1-13,21,25-27H. The molecule has 3 aromatic carbocycles. The quantitative estimate of drug-likeness (QED) is 0.664. The van der Waals surface area contributed by atoms with Crippen molar-refractivity contribution in [2.75, 3.05) is 4.90 Å². The van der Waals surface area contributed by atoms with Gasteiger partial charge in [0.15, 0.2) is 12.0 Å². The van der Waals surface area contributed by atoms with Gasteiger partial charge in [-0.3, -0.25) is 0 Å². The Hall–Kier alpha value is -3.80. The molecule has 1 atom stereocenters. The van der Waals surface area contributed by atoms with Gasteiger partial charge >= 0.3 is 0 Å². The van der Waals surface area contributed by atoms with Crippen LogP contribution in [0.4, 0.5) is 5.69 Å². The zero-order valence-corrected chi connectivity index (χ0v) is 14.3. The molecule has 0 aliphatic carbocycles. The number of nitrogens with zero attached hydrogens (tertiary/aromatic N) is 3. The molecule has 1 aliphatic heterocycles. The normalized spacial score (nSPS) is 16.2. The van der Waals surface area contributed by atoms with Crippen molar-refractivity contribution >= 4 is 17.9 Å². The average molecular weight is 359 g/mol. The van der Waals surface area contributed by atoms with Crippen LogP contribution in [-0.4, -0.2) is 27.5 Å². The number of hydrogen-bond acceptors (Lipinski definition) is 6. The minimum atomic E-state index is -0.661. The largest absolute Gasteiger partial charge is 0.508 e. The molecular formula is C21H17N3O3. The van der Waals surface area contributed by atoms with Crippen LogP contribution in [0.25, 0.3) is 0 Å². The summed E-state index contributed by atoms with van der Waals surface area (Å²) in [5.41, 5.74) is 1.56. The fourth-order valence-electron chi connectivity index (χ4n) is 2.99. The van der Waals surface area contributed by atoms with Gasteiger partial charge in [0.25, 0.3) is 0 Å². The molecule has 134 valence electrons. The lowest BCUT2D eigenvalue weighted by Gasteiger charge is -2.31. The second kappa shape index (κ2) is 6.84. The van der Waals surface area contributed by atoms with E-state index < -0.39 is 6.17 Å². The highest BCUT2D eigenvalue weighted by atomic mass is 16.3. The third-order valence-electron chi connectivity index (χ3n) is 4.33. The van der Waals surface area contributed by atoms with E-state index in [1.54, 1.807) is 84.0 Å². The fourth-order valence-corrected chi connectivity index (χ4v) is 2.99. The van der Waals surface area contributed by atoms with Crippen LogP contribution in [0.5, 0.6) is 17.2 Å². The second-order valence-electron chi connectivity index (χ2n) is 6.04. The first kappa shape index (κ1) is 16.7. The molecule has 6 nitrogen and oxygen atoms in total. The van der Waals surface area contributed by atoms with E-state index in [1.165, 1.54) is 0 Å². The van der Waals surface area contributed by atoms with E-state index in [2.05, 4.69) is 9.98 Å². The highest BCUT2D eigenvalue weighted by Gasteiger charge is 2.27. The van der Waals surface area contributed by atoms with Crippen LogP contribution in [0.3, 0.4) is 0 Å². The number of benzene rings is 3. The van der Waals surface area contributed by atoms with Gasteiger partial charge in [0.2, 0.25) is 0 Å². The Morgan fingerprint density at radius 3 is 2.04 bits per heavy atom. The molecule has 0 saturated heterocycles. The molecule has 1 heterocycles. The smallest absolute Gasteiger partial charge is 0.162 e. The van der Waals surface area contributed by atoms with Crippen molar-refractivity contribution in [3.63, 3.8) is 0 Å². The van der Waals surface area contributed by atoms with Gasteiger partial charge in [0, 0.05) is 5.56 Å². The molecule has 0 saturated carbocycles. The van der Waals surface area contributed by atoms with Crippen molar-refractivity contribution in [3.8, 4) is 17.2 Å². The Bertz CT molecular complexity index is 1050. The topological polar surface area (TPSA) is 88.7 Å². The van der Waals surface area contributed by atoms with Crippen molar-refractivity contribution in [2.24, 2.45) is 9.98 Å². The minimum Gasteiger partial charge on any atom is -0.508 e. The SMILES string of the molecule is Oc1ccccc1C1=NC(c2ccccc2O)N(c2ccccc2O)C=N1. The third kappa shape index (κ3) is 3.08. The van der Waals surface area contributed by atoms with Gasteiger partial charge in [0.05, 0.1) is 17.6 Å². The summed E-state index contributed by atoms with van der Waals surface area (Å²) < 4.78 is 0. The summed E-state index contributed by atoms with van der Waals surface area (Å²) in [7, 11) is 0. The van der Waals surface area contributed by atoms with Gasteiger partial charge in [-0.1, -0.05) is 42.5 Å². The van der Waals surface area contributed by atoms with E-state index >= 15 is 0 Å². The molecule has 0 spiro atoms.